The van der Waals surface area contributed by atoms with Crippen molar-refractivity contribution in [2.75, 3.05) is 5.32 Å². The first-order valence-electron chi connectivity index (χ1n) is 6.03. The van der Waals surface area contributed by atoms with Crippen molar-refractivity contribution in [1.82, 2.24) is 0 Å². The second-order valence-electron chi connectivity index (χ2n) is 4.73. The Hall–Kier alpha value is -1.72. The molecule has 6 heteroatoms. The molecule has 1 saturated carbocycles. The molecule has 0 amide bonds. The van der Waals surface area contributed by atoms with E-state index in [1.54, 1.807) is 0 Å². The van der Waals surface area contributed by atoms with E-state index in [0.29, 0.717) is 19.3 Å². The summed E-state index contributed by atoms with van der Waals surface area (Å²) < 4.78 is 38.4. The van der Waals surface area contributed by atoms with E-state index < -0.39 is 23.6 Å². The lowest BCUT2D eigenvalue weighted by Gasteiger charge is -2.18. The molecule has 2 N–H and O–H groups in total. The Morgan fingerprint density at radius 1 is 1.26 bits per heavy atom. The van der Waals surface area contributed by atoms with Crippen LogP contribution in [0.4, 0.5) is 18.9 Å². The van der Waals surface area contributed by atoms with Gasteiger partial charge in [0.05, 0.1) is 11.5 Å². The number of para-hydroxylation sites is 1. The Balaban J connectivity index is 2.11. The Morgan fingerprint density at radius 2 is 1.95 bits per heavy atom. The summed E-state index contributed by atoms with van der Waals surface area (Å²) in [5.74, 6) is -1.34. The fraction of sp³-hybridized carbons (Fsp3) is 0.462. The minimum atomic E-state index is -4.41. The number of carbonyl (C=O) groups is 1. The molecule has 1 aromatic carbocycles. The summed E-state index contributed by atoms with van der Waals surface area (Å²) in [6.07, 6.45) is -2.97. The number of carboxylic acids is 1. The Kier molecular flexibility index (Phi) is 3.68. The molecule has 1 aliphatic rings. The lowest BCUT2D eigenvalue weighted by atomic mass is 10.1. The van der Waals surface area contributed by atoms with Gasteiger partial charge in [-0.3, -0.25) is 4.79 Å². The number of aliphatic carboxylic acids is 1. The van der Waals surface area contributed by atoms with Crippen LogP contribution in [0, 0.1) is 5.92 Å². The van der Waals surface area contributed by atoms with Crippen LogP contribution in [0.5, 0.6) is 0 Å². The van der Waals surface area contributed by atoms with Crippen molar-refractivity contribution >= 4 is 11.7 Å². The summed E-state index contributed by atoms with van der Waals surface area (Å²) in [6.45, 7) is 0. The number of carboxylic acid groups (broad SMARTS) is 1. The average Bonchev–Trinajstić information content (AvgIpc) is 2.77. The molecule has 0 radical (unpaired) electrons. The number of alkyl halides is 3. The largest absolute Gasteiger partial charge is 0.481 e. The van der Waals surface area contributed by atoms with Gasteiger partial charge in [-0.05, 0) is 31.4 Å². The van der Waals surface area contributed by atoms with E-state index in [-0.39, 0.29) is 11.7 Å². The highest BCUT2D eigenvalue weighted by molar-refractivity contribution is 5.70. The SMILES string of the molecule is O=C(O)C1CCC(Nc2ccccc2C(F)(F)F)C1. The second kappa shape index (κ2) is 5.11. The molecule has 19 heavy (non-hydrogen) atoms. The molecule has 1 aromatic rings. The molecule has 1 fully saturated rings. The molecule has 1 aliphatic carbocycles. The molecule has 2 atom stereocenters. The van der Waals surface area contributed by atoms with E-state index in [4.69, 9.17) is 5.11 Å². The van der Waals surface area contributed by atoms with E-state index >= 15 is 0 Å². The normalized spacial score (nSPS) is 23.3. The van der Waals surface area contributed by atoms with Crippen LogP contribution in [0.1, 0.15) is 24.8 Å². The number of hydrogen-bond acceptors (Lipinski definition) is 2. The number of anilines is 1. The minimum absolute atomic E-state index is 0.0195. The maximum Gasteiger partial charge on any atom is 0.418 e. The summed E-state index contributed by atoms with van der Waals surface area (Å²) >= 11 is 0. The molecule has 2 unspecified atom stereocenters. The summed E-state index contributed by atoms with van der Waals surface area (Å²) in [6, 6.07) is 5.04. The van der Waals surface area contributed by atoms with Gasteiger partial charge in [0.25, 0.3) is 0 Å². The minimum Gasteiger partial charge on any atom is -0.481 e. The molecule has 0 heterocycles. The summed E-state index contributed by atoms with van der Waals surface area (Å²) in [7, 11) is 0. The standard InChI is InChI=1S/C13H14F3NO2/c14-13(15,16)10-3-1-2-4-11(10)17-9-6-5-8(7-9)12(18)19/h1-4,8-9,17H,5-7H2,(H,18,19). The molecule has 0 saturated heterocycles. The molecule has 104 valence electrons. The predicted molar refractivity (Wildman–Crippen MR) is 63.8 cm³/mol. The first-order valence-corrected chi connectivity index (χ1v) is 6.03. The van der Waals surface area contributed by atoms with Crippen molar-refractivity contribution in [3.05, 3.63) is 29.8 Å². The number of rotatable bonds is 3. The van der Waals surface area contributed by atoms with E-state index in [1.165, 1.54) is 18.2 Å². The second-order valence-corrected chi connectivity index (χ2v) is 4.73. The maximum absolute atomic E-state index is 12.8. The van der Waals surface area contributed by atoms with E-state index in [1.807, 2.05) is 0 Å². The van der Waals surface area contributed by atoms with Gasteiger partial charge in [-0.15, -0.1) is 0 Å². The first kappa shape index (κ1) is 13.7. The van der Waals surface area contributed by atoms with Gasteiger partial charge >= 0.3 is 12.1 Å². The van der Waals surface area contributed by atoms with Gasteiger partial charge in [0.2, 0.25) is 0 Å². The summed E-state index contributed by atoms with van der Waals surface area (Å²) in [5.41, 5.74) is -0.695. The van der Waals surface area contributed by atoms with Crippen LogP contribution >= 0.6 is 0 Å². The Labute approximate surface area is 108 Å². The zero-order valence-electron chi connectivity index (χ0n) is 10.1. The number of benzene rings is 1. The van der Waals surface area contributed by atoms with Crippen LogP contribution < -0.4 is 5.32 Å². The highest BCUT2D eigenvalue weighted by Gasteiger charge is 2.35. The third-order valence-corrected chi connectivity index (χ3v) is 3.37. The molecular formula is C13H14F3NO2. The van der Waals surface area contributed by atoms with Gasteiger partial charge in [0, 0.05) is 11.7 Å². The fourth-order valence-electron chi connectivity index (χ4n) is 2.41. The summed E-state index contributed by atoms with van der Waals surface area (Å²) in [5, 5.41) is 11.7. The lowest BCUT2D eigenvalue weighted by molar-refractivity contribution is -0.141. The fourth-order valence-corrected chi connectivity index (χ4v) is 2.41. The van der Waals surface area contributed by atoms with Crippen LogP contribution in [0.15, 0.2) is 24.3 Å². The van der Waals surface area contributed by atoms with E-state index in [0.717, 1.165) is 6.07 Å². The van der Waals surface area contributed by atoms with Crippen molar-refractivity contribution in [1.29, 1.82) is 0 Å². The molecule has 0 aromatic heterocycles. The topological polar surface area (TPSA) is 49.3 Å². The molecule has 0 bridgehead atoms. The maximum atomic E-state index is 12.8. The molecule has 0 aliphatic heterocycles. The summed E-state index contributed by atoms with van der Waals surface area (Å²) in [4.78, 5) is 10.8. The number of nitrogens with one attached hydrogen (secondary N) is 1. The predicted octanol–water partition coefficient (Wildman–Crippen LogP) is 3.37. The third-order valence-electron chi connectivity index (χ3n) is 3.37. The number of halogens is 3. The highest BCUT2D eigenvalue weighted by Crippen LogP contribution is 2.36. The number of hydrogen-bond donors (Lipinski definition) is 2. The third kappa shape index (κ3) is 3.19. The average molecular weight is 273 g/mol. The highest BCUT2D eigenvalue weighted by atomic mass is 19.4. The molecular weight excluding hydrogens is 259 g/mol. The van der Waals surface area contributed by atoms with Gasteiger partial charge < -0.3 is 10.4 Å². The Bertz CT molecular complexity index is 473. The van der Waals surface area contributed by atoms with Crippen LogP contribution in [0.25, 0.3) is 0 Å². The Morgan fingerprint density at radius 3 is 2.53 bits per heavy atom. The van der Waals surface area contributed by atoms with Gasteiger partial charge in [-0.2, -0.15) is 13.2 Å². The van der Waals surface area contributed by atoms with Crippen LogP contribution in [-0.4, -0.2) is 17.1 Å². The first-order chi connectivity index (χ1) is 8.88. The van der Waals surface area contributed by atoms with Crippen LogP contribution in [-0.2, 0) is 11.0 Å². The van der Waals surface area contributed by atoms with Crippen LogP contribution in [0.2, 0.25) is 0 Å². The van der Waals surface area contributed by atoms with Crippen molar-refractivity contribution < 1.29 is 23.1 Å². The van der Waals surface area contributed by atoms with Crippen LogP contribution in [0.3, 0.4) is 0 Å². The van der Waals surface area contributed by atoms with Crippen molar-refractivity contribution in [3.63, 3.8) is 0 Å². The van der Waals surface area contributed by atoms with Gasteiger partial charge in [0.15, 0.2) is 0 Å². The lowest BCUT2D eigenvalue weighted by Crippen LogP contribution is -2.20. The van der Waals surface area contributed by atoms with E-state index in [2.05, 4.69) is 5.32 Å². The monoisotopic (exact) mass is 273 g/mol. The van der Waals surface area contributed by atoms with Gasteiger partial charge in [-0.1, -0.05) is 12.1 Å². The van der Waals surface area contributed by atoms with Gasteiger partial charge in [0.1, 0.15) is 0 Å². The molecule has 3 nitrogen and oxygen atoms in total. The smallest absolute Gasteiger partial charge is 0.418 e. The molecule has 2 rings (SSSR count). The zero-order valence-corrected chi connectivity index (χ0v) is 10.1. The van der Waals surface area contributed by atoms with Gasteiger partial charge in [-0.25, -0.2) is 0 Å². The van der Waals surface area contributed by atoms with E-state index in [9.17, 15) is 18.0 Å². The van der Waals surface area contributed by atoms with Crippen molar-refractivity contribution in [3.8, 4) is 0 Å². The molecule has 0 spiro atoms. The van der Waals surface area contributed by atoms with Crippen molar-refractivity contribution in [2.45, 2.75) is 31.5 Å². The zero-order chi connectivity index (χ0) is 14.0. The quantitative estimate of drug-likeness (QED) is 0.887. The van der Waals surface area contributed by atoms with Crippen molar-refractivity contribution in [2.24, 2.45) is 5.92 Å².